The minimum atomic E-state index is 0.182. The Morgan fingerprint density at radius 1 is 1.45 bits per heavy atom. The maximum atomic E-state index is 5.85. The molecule has 2 heterocycles. The molecule has 1 aromatic heterocycles. The molecular formula is C13H22ClN5O. The molecule has 1 aliphatic rings. The molecule has 1 aromatic rings. The molecule has 0 aromatic carbocycles. The summed E-state index contributed by atoms with van der Waals surface area (Å²) in [5, 5.41) is 3.60. The van der Waals surface area contributed by atoms with E-state index < -0.39 is 0 Å². The van der Waals surface area contributed by atoms with Gasteiger partial charge in [0.05, 0.1) is 12.2 Å². The second-order valence-electron chi connectivity index (χ2n) is 5.38. The molecule has 1 fully saturated rings. The lowest BCUT2D eigenvalue weighted by Crippen LogP contribution is -2.51. The molecule has 0 aliphatic carbocycles. The normalized spacial score (nSPS) is 25.4. The van der Waals surface area contributed by atoms with Gasteiger partial charge in [-0.05, 0) is 20.8 Å². The number of hydrogen-bond donors (Lipinski definition) is 2. The van der Waals surface area contributed by atoms with Gasteiger partial charge in [0.15, 0.2) is 0 Å². The van der Waals surface area contributed by atoms with E-state index in [1.807, 2.05) is 0 Å². The maximum Gasteiger partial charge on any atom is 0.223 e. The first-order valence-electron chi connectivity index (χ1n) is 6.87. The molecular weight excluding hydrogens is 278 g/mol. The molecule has 112 valence electrons. The predicted molar refractivity (Wildman–Crippen MR) is 81.0 cm³/mol. The number of nitrogen functional groups attached to an aromatic ring is 1. The van der Waals surface area contributed by atoms with Crippen molar-refractivity contribution in [1.29, 1.82) is 0 Å². The Morgan fingerprint density at radius 2 is 2.10 bits per heavy atom. The number of anilines is 2. The van der Waals surface area contributed by atoms with Crippen molar-refractivity contribution in [2.75, 3.05) is 30.7 Å². The molecule has 6 nitrogen and oxygen atoms in total. The minimum absolute atomic E-state index is 0.182. The molecule has 0 amide bonds. The van der Waals surface area contributed by atoms with Crippen molar-refractivity contribution in [3.8, 4) is 0 Å². The number of nitrogens with two attached hydrogens (primary N) is 1. The van der Waals surface area contributed by atoms with Crippen molar-refractivity contribution < 1.29 is 4.74 Å². The van der Waals surface area contributed by atoms with Crippen LogP contribution in [-0.2, 0) is 4.74 Å². The summed E-state index contributed by atoms with van der Waals surface area (Å²) in [5.41, 5.74) is 5.57. The third kappa shape index (κ3) is 4.19. The highest BCUT2D eigenvalue weighted by Crippen LogP contribution is 2.15. The lowest BCUT2D eigenvalue weighted by molar-refractivity contribution is -0.0769. The number of halogens is 1. The molecule has 1 aliphatic heterocycles. The number of hydrogen-bond acceptors (Lipinski definition) is 6. The van der Waals surface area contributed by atoms with Crippen LogP contribution in [0.15, 0.2) is 6.07 Å². The monoisotopic (exact) mass is 299 g/mol. The summed E-state index contributed by atoms with van der Waals surface area (Å²) in [6, 6.07) is 2.05. The quantitative estimate of drug-likeness (QED) is 0.823. The van der Waals surface area contributed by atoms with Gasteiger partial charge in [0.25, 0.3) is 0 Å². The molecule has 20 heavy (non-hydrogen) atoms. The van der Waals surface area contributed by atoms with E-state index >= 15 is 0 Å². The van der Waals surface area contributed by atoms with Crippen LogP contribution in [0.1, 0.15) is 20.8 Å². The van der Waals surface area contributed by atoms with Gasteiger partial charge in [-0.15, -0.1) is 0 Å². The fourth-order valence-corrected chi connectivity index (χ4v) is 2.67. The van der Waals surface area contributed by atoms with Crippen molar-refractivity contribution in [2.24, 2.45) is 0 Å². The van der Waals surface area contributed by atoms with Crippen LogP contribution < -0.4 is 11.1 Å². The van der Waals surface area contributed by atoms with Crippen LogP contribution in [-0.4, -0.2) is 52.8 Å². The second kappa shape index (κ2) is 6.56. The zero-order chi connectivity index (χ0) is 14.7. The van der Waals surface area contributed by atoms with Gasteiger partial charge in [-0.25, -0.2) is 4.98 Å². The van der Waals surface area contributed by atoms with E-state index in [2.05, 4.69) is 41.0 Å². The molecule has 3 N–H and O–H groups in total. The molecule has 3 atom stereocenters. The zero-order valence-electron chi connectivity index (χ0n) is 12.1. The topological polar surface area (TPSA) is 76.3 Å². The Kier molecular flexibility index (Phi) is 5.01. The van der Waals surface area contributed by atoms with E-state index in [4.69, 9.17) is 22.1 Å². The summed E-state index contributed by atoms with van der Waals surface area (Å²) in [4.78, 5) is 10.4. The van der Waals surface area contributed by atoms with E-state index in [1.165, 1.54) is 0 Å². The summed E-state index contributed by atoms with van der Waals surface area (Å²) in [5.74, 6) is 0.838. The summed E-state index contributed by atoms with van der Waals surface area (Å²) >= 11 is 5.85. The largest absolute Gasteiger partial charge is 0.373 e. The smallest absolute Gasteiger partial charge is 0.223 e. The predicted octanol–water partition coefficient (Wildman–Crippen LogP) is 1.62. The van der Waals surface area contributed by atoms with Gasteiger partial charge < -0.3 is 15.8 Å². The van der Waals surface area contributed by atoms with Crippen molar-refractivity contribution in [3.63, 3.8) is 0 Å². The summed E-state index contributed by atoms with van der Waals surface area (Å²) in [6.07, 6.45) is 0.538. The number of aromatic nitrogens is 2. The van der Waals surface area contributed by atoms with Crippen LogP contribution in [0.2, 0.25) is 5.15 Å². The Labute approximate surface area is 124 Å². The van der Waals surface area contributed by atoms with Gasteiger partial charge in [0, 0.05) is 31.7 Å². The minimum Gasteiger partial charge on any atom is -0.373 e. The molecule has 2 rings (SSSR count). The Hall–Kier alpha value is -1.11. The van der Waals surface area contributed by atoms with Gasteiger partial charge in [-0.3, -0.25) is 4.90 Å². The standard InChI is InChI=1S/C13H22ClN5O/c1-8(19-6-9(2)20-10(3)7-19)5-16-12-4-11(14)17-13(15)18-12/h4,8-10H,5-7H2,1-3H3,(H3,15,16,17,18). The first kappa shape index (κ1) is 15.3. The number of morpholine rings is 1. The molecule has 1 saturated heterocycles. The van der Waals surface area contributed by atoms with E-state index in [9.17, 15) is 0 Å². The van der Waals surface area contributed by atoms with Gasteiger partial charge in [0.2, 0.25) is 5.95 Å². The van der Waals surface area contributed by atoms with Crippen molar-refractivity contribution in [1.82, 2.24) is 14.9 Å². The third-order valence-corrected chi connectivity index (χ3v) is 3.56. The first-order valence-corrected chi connectivity index (χ1v) is 7.25. The van der Waals surface area contributed by atoms with E-state index in [0.717, 1.165) is 19.6 Å². The van der Waals surface area contributed by atoms with Gasteiger partial charge in [0.1, 0.15) is 11.0 Å². The molecule has 7 heteroatoms. The Bertz CT molecular complexity index is 428. The van der Waals surface area contributed by atoms with Crippen LogP contribution in [0.5, 0.6) is 0 Å². The number of nitrogens with zero attached hydrogens (tertiary/aromatic N) is 3. The average Bonchev–Trinajstić information content (AvgIpc) is 2.33. The lowest BCUT2D eigenvalue weighted by atomic mass is 10.2. The van der Waals surface area contributed by atoms with Crippen LogP contribution in [0.4, 0.5) is 11.8 Å². The Morgan fingerprint density at radius 3 is 2.70 bits per heavy atom. The molecule has 0 saturated carbocycles. The summed E-state index contributed by atoms with van der Waals surface area (Å²) < 4.78 is 5.74. The van der Waals surface area contributed by atoms with Crippen molar-refractivity contribution >= 4 is 23.4 Å². The molecule has 0 bridgehead atoms. The van der Waals surface area contributed by atoms with Crippen LogP contribution in [0, 0.1) is 0 Å². The van der Waals surface area contributed by atoms with Crippen LogP contribution in [0.25, 0.3) is 0 Å². The first-order chi connectivity index (χ1) is 9.44. The van der Waals surface area contributed by atoms with E-state index in [1.54, 1.807) is 6.07 Å². The average molecular weight is 300 g/mol. The van der Waals surface area contributed by atoms with E-state index in [-0.39, 0.29) is 18.2 Å². The molecule has 0 radical (unpaired) electrons. The number of nitrogens with one attached hydrogen (secondary N) is 1. The van der Waals surface area contributed by atoms with E-state index in [0.29, 0.717) is 17.0 Å². The number of ether oxygens (including phenoxy) is 1. The Balaban J connectivity index is 1.89. The van der Waals surface area contributed by atoms with Gasteiger partial charge in [-0.1, -0.05) is 11.6 Å². The SMILES string of the molecule is CC1CN(C(C)CNc2cc(Cl)nc(N)n2)CC(C)O1. The fourth-order valence-electron chi connectivity index (χ4n) is 2.48. The fraction of sp³-hybridized carbons (Fsp3) is 0.692. The maximum absolute atomic E-state index is 5.85. The highest BCUT2D eigenvalue weighted by molar-refractivity contribution is 6.29. The highest BCUT2D eigenvalue weighted by Gasteiger charge is 2.25. The third-order valence-electron chi connectivity index (χ3n) is 3.36. The molecule has 0 spiro atoms. The number of rotatable bonds is 4. The van der Waals surface area contributed by atoms with Crippen LogP contribution >= 0.6 is 11.6 Å². The summed E-state index contributed by atoms with van der Waals surface area (Å²) in [6.45, 7) is 9.05. The van der Waals surface area contributed by atoms with Crippen LogP contribution in [0.3, 0.4) is 0 Å². The summed E-state index contributed by atoms with van der Waals surface area (Å²) in [7, 11) is 0. The second-order valence-corrected chi connectivity index (χ2v) is 5.76. The van der Waals surface area contributed by atoms with Gasteiger partial charge in [-0.2, -0.15) is 4.98 Å². The lowest BCUT2D eigenvalue weighted by Gasteiger charge is -2.39. The van der Waals surface area contributed by atoms with Crippen molar-refractivity contribution in [3.05, 3.63) is 11.2 Å². The van der Waals surface area contributed by atoms with Crippen molar-refractivity contribution in [2.45, 2.75) is 39.0 Å². The molecule has 3 unspecified atom stereocenters. The van der Waals surface area contributed by atoms with Gasteiger partial charge >= 0.3 is 0 Å². The highest BCUT2D eigenvalue weighted by atomic mass is 35.5. The zero-order valence-corrected chi connectivity index (χ0v) is 12.9.